The van der Waals surface area contributed by atoms with Crippen molar-refractivity contribution in [2.24, 2.45) is 5.11 Å². The second kappa shape index (κ2) is 7.93. The van der Waals surface area contributed by atoms with Gasteiger partial charge in [0.15, 0.2) is 6.80 Å². The summed E-state index contributed by atoms with van der Waals surface area (Å²) in [7, 11) is 0. The molecule has 0 bridgehead atoms. The van der Waals surface area contributed by atoms with Crippen LogP contribution in [0.2, 0.25) is 10.0 Å². The summed E-state index contributed by atoms with van der Waals surface area (Å²) in [5.74, 6) is 0.481. The Balaban J connectivity index is 2.49. The van der Waals surface area contributed by atoms with Crippen molar-refractivity contribution in [3.8, 4) is 0 Å². The maximum Gasteiger partial charge on any atom is 0.167 e. The number of halogens is 3. The van der Waals surface area contributed by atoms with Crippen molar-refractivity contribution in [2.45, 2.75) is 43.0 Å². The number of hydrogen-bond acceptors (Lipinski definition) is 3. The van der Waals surface area contributed by atoms with Crippen LogP contribution >= 0.6 is 35.0 Å². The van der Waals surface area contributed by atoms with E-state index in [2.05, 4.69) is 15.0 Å². The molecule has 5 nitrogen and oxygen atoms in total. The van der Waals surface area contributed by atoms with Crippen LogP contribution in [0.25, 0.3) is 10.4 Å². The molecule has 0 spiro atoms. The minimum absolute atomic E-state index is 0.00297. The molecular formula is C14H14Cl2FN5S. The summed E-state index contributed by atoms with van der Waals surface area (Å²) >= 11 is 13.4. The van der Waals surface area contributed by atoms with Gasteiger partial charge >= 0.3 is 0 Å². The van der Waals surface area contributed by atoms with Gasteiger partial charge in [0.2, 0.25) is 0 Å². The summed E-state index contributed by atoms with van der Waals surface area (Å²) in [6.45, 7) is 3.18. The molecule has 0 aliphatic heterocycles. The Labute approximate surface area is 147 Å². The van der Waals surface area contributed by atoms with Gasteiger partial charge in [-0.2, -0.15) is 0 Å². The van der Waals surface area contributed by atoms with Crippen LogP contribution in [-0.2, 0) is 13.3 Å². The largest absolute Gasteiger partial charge is 0.293 e. The van der Waals surface area contributed by atoms with Crippen LogP contribution in [0, 0.1) is 0 Å². The van der Waals surface area contributed by atoms with Gasteiger partial charge in [0.25, 0.3) is 0 Å². The van der Waals surface area contributed by atoms with Gasteiger partial charge in [-0.05, 0) is 29.6 Å². The summed E-state index contributed by atoms with van der Waals surface area (Å²) in [5.41, 5.74) is 9.21. The third kappa shape index (κ3) is 4.32. The lowest BCUT2D eigenvalue weighted by Crippen LogP contribution is -2.01. The van der Waals surface area contributed by atoms with E-state index in [9.17, 15) is 4.39 Å². The minimum atomic E-state index is -0.757. The quantitative estimate of drug-likeness (QED) is 0.343. The van der Waals surface area contributed by atoms with E-state index in [1.165, 1.54) is 16.3 Å². The standard InChI is InChI=1S/C14H14Cl2FN5S/c1-8(2)13-14(22(7-17)12(20-13)6-19-21-18)23-11-4-9(15)3-10(16)5-11/h3-5,8H,6-7H2,1-2H3. The van der Waals surface area contributed by atoms with Crippen LogP contribution in [0.1, 0.15) is 31.3 Å². The molecule has 1 aromatic carbocycles. The SMILES string of the molecule is CC(C)c1nc(CN=[N+]=[N-])n(CF)c1Sc1cc(Cl)cc(Cl)c1. The molecule has 0 saturated heterocycles. The van der Waals surface area contributed by atoms with Crippen molar-refractivity contribution in [2.75, 3.05) is 0 Å². The fraction of sp³-hybridized carbons (Fsp3) is 0.357. The number of rotatable bonds is 6. The van der Waals surface area contributed by atoms with E-state index in [1.807, 2.05) is 13.8 Å². The average Bonchev–Trinajstić information content (AvgIpc) is 2.81. The first kappa shape index (κ1) is 17.9. The second-order valence-corrected chi connectivity index (χ2v) is 6.95. The van der Waals surface area contributed by atoms with Gasteiger partial charge in [0.05, 0.1) is 12.2 Å². The highest BCUT2D eigenvalue weighted by Gasteiger charge is 2.20. The van der Waals surface area contributed by atoms with Crippen LogP contribution in [-0.4, -0.2) is 9.55 Å². The molecule has 9 heteroatoms. The van der Waals surface area contributed by atoms with Crippen LogP contribution in [0.4, 0.5) is 4.39 Å². The molecule has 1 aromatic heterocycles. The summed E-state index contributed by atoms with van der Waals surface area (Å²) in [4.78, 5) is 7.92. The lowest BCUT2D eigenvalue weighted by molar-refractivity contribution is 0.351. The third-order valence-corrected chi connectivity index (χ3v) is 4.55. The smallest absolute Gasteiger partial charge is 0.167 e. The first-order chi connectivity index (χ1) is 11.0. The van der Waals surface area contributed by atoms with Crippen LogP contribution in [0.3, 0.4) is 0 Å². The Hall–Kier alpha value is -1.40. The number of azide groups is 1. The lowest BCUT2D eigenvalue weighted by Gasteiger charge is -2.10. The average molecular weight is 374 g/mol. The number of imidazole rings is 1. The van der Waals surface area contributed by atoms with Crippen molar-refractivity contribution >= 4 is 35.0 Å². The molecule has 2 aromatic rings. The number of benzene rings is 1. The second-order valence-electron chi connectivity index (χ2n) is 5.02. The van der Waals surface area contributed by atoms with Crippen molar-refractivity contribution < 1.29 is 4.39 Å². The molecule has 122 valence electrons. The lowest BCUT2D eigenvalue weighted by atomic mass is 10.2. The van der Waals surface area contributed by atoms with E-state index in [-0.39, 0.29) is 12.5 Å². The fourth-order valence-corrected chi connectivity index (χ4v) is 3.92. The van der Waals surface area contributed by atoms with Gasteiger partial charge in [-0.15, -0.1) is 0 Å². The molecule has 2 rings (SSSR count). The van der Waals surface area contributed by atoms with Crippen molar-refractivity contribution in [1.82, 2.24) is 9.55 Å². The summed E-state index contributed by atoms with van der Waals surface area (Å²) < 4.78 is 14.9. The Morgan fingerprint density at radius 2 is 2.00 bits per heavy atom. The first-order valence-electron chi connectivity index (χ1n) is 6.76. The van der Waals surface area contributed by atoms with E-state index >= 15 is 0 Å². The van der Waals surface area contributed by atoms with Crippen LogP contribution in [0.15, 0.2) is 33.2 Å². The number of hydrogen-bond donors (Lipinski definition) is 0. The highest BCUT2D eigenvalue weighted by molar-refractivity contribution is 7.99. The maximum atomic E-state index is 13.5. The molecule has 1 heterocycles. The number of aromatic nitrogens is 2. The molecule has 0 N–H and O–H groups in total. The molecule has 0 fully saturated rings. The zero-order valence-electron chi connectivity index (χ0n) is 12.5. The van der Waals surface area contributed by atoms with Crippen molar-refractivity contribution in [3.05, 3.63) is 50.2 Å². The molecule has 0 unspecified atom stereocenters. The van der Waals surface area contributed by atoms with Gasteiger partial charge < -0.3 is 0 Å². The Morgan fingerprint density at radius 3 is 2.52 bits per heavy atom. The van der Waals surface area contributed by atoms with Gasteiger partial charge in [-0.1, -0.05) is 53.9 Å². The first-order valence-corrected chi connectivity index (χ1v) is 8.33. The van der Waals surface area contributed by atoms with Gasteiger partial charge in [0.1, 0.15) is 10.9 Å². The van der Waals surface area contributed by atoms with Gasteiger partial charge in [0, 0.05) is 19.9 Å². The zero-order chi connectivity index (χ0) is 17.0. The Bertz CT molecular complexity index is 736. The van der Waals surface area contributed by atoms with Crippen LogP contribution < -0.4 is 0 Å². The number of nitrogens with zero attached hydrogens (tertiary/aromatic N) is 5. The maximum absolute atomic E-state index is 13.5. The number of alkyl halides is 1. The zero-order valence-corrected chi connectivity index (χ0v) is 14.8. The van der Waals surface area contributed by atoms with Crippen LogP contribution in [0.5, 0.6) is 0 Å². The van der Waals surface area contributed by atoms with Crippen molar-refractivity contribution in [3.63, 3.8) is 0 Å². The van der Waals surface area contributed by atoms with E-state index in [4.69, 9.17) is 28.7 Å². The van der Waals surface area contributed by atoms with E-state index in [0.29, 0.717) is 20.9 Å². The molecule has 23 heavy (non-hydrogen) atoms. The Morgan fingerprint density at radius 1 is 1.35 bits per heavy atom. The highest BCUT2D eigenvalue weighted by atomic mass is 35.5. The van der Waals surface area contributed by atoms with Crippen molar-refractivity contribution in [1.29, 1.82) is 0 Å². The minimum Gasteiger partial charge on any atom is -0.293 e. The normalized spacial score (nSPS) is 10.9. The van der Waals surface area contributed by atoms with E-state index in [0.717, 1.165) is 10.6 Å². The molecule has 0 amide bonds. The van der Waals surface area contributed by atoms with E-state index < -0.39 is 6.80 Å². The molecule has 0 radical (unpaired) electrons. The fourth-order valence-electron chi connectivity index (χ4n) is 2.02. The molecule has 0 aliphatic carbocycles. The summed E-state index contributed by atoms with van der Waals surface area (Å²) in [5, 5.41) is 5.15. The predicted octanol–water partition coefficient (Wildman–Crippen LogP) is 6.20. The molecule has 0 aliphatic rings. The molecule has 0 saturated carbocycles. The van der Waals surface area contributed by atoms with E-state index in [1.54, 1.807) is 18.2 Å². The Kier molecular flexibility index (Phi) is 6.18. The third-order valence-electron chi connectivity index (χ3n) is 3.02. The monoisotopic (exact) mass is 373 g/mol. The van der Waals surface area contributed by atoms with Gasteiger partial charge in [-0.3, -0.25) is 4.57 Å². The van der Waals surface area contributed by atoms with Gasteiger partial charge in [-0.25, -0.2) is 9.37 Å². The topological polar surface area (TPSA) is 66.6 Å². The summed E-state index contributed by atoms with van der Waals surface area (Å²) in [6.07, 6.45) is 0. The molecular weight excluding hydrogens is 360 g/mol. The summed E-state index contributed by atoms with van der Waals surface area (Å²) in [6, 6.07) is 5.14. The molecule has 0 atom stereocenters. The predicted molar refractivity (Wildman–Crippen MR) is 90.9 cm³/mol. The highest BCUT2D eigenvalue weighted by Crippen LogP contribution is 2.37.